The molecule has 1 aliphatic rings. The van der Waals surface area contributed by atoms with Crippen molar-refractivity contribution in [1.29, 1.82) is 5.26 Å². The van der Waals surface area contributed by atoms with Crippen molar-refractivity contribution in [3.63, 3.8) is 0 Å². The summed E-state index contributed by atoms with van der Waals surface area (Å²) in [6.07, 6.45) is 0.947. The van der Waals surface area contributed by atoms with Crippen LogP contribution in [0.15, 0.2) is 30.5 Å². The van der Waals surface area contributed by atoms with Gasteiger partial charge in [0, 0.05) is 24.2 Å². The smallest absolute Gasteiger partial charge is 0.140 e. The summed E-state index contributed by atoms with van der Waals surface area (Å²) in [7, 11) is 3.20. The van der Waals surface area contributed by atoms with Gasteiger partial charge in [0.15, 0.2) is 0 Å². The molecule has 2 aromatic rings. The standard InChI is InChI=1S/C17H17N3O3/c1-22-15-5-6-16(23-2)17-13(15)9-20(10-14(17)21)12-4-3-11(7-18)19-8-12/h3-6,8,14,21H,9-10H2,1-2H3/t14-/m0/s1. The molecule has 3 rings (SSSR count). The molecule has 0 saturated heterocycles. The number of rotatable bonds is 3. The Kier molecular flexibility index (Phi) is 4.04. The second-order valence-corrected chi connectivity index (χ2v) is 5.27. The van der Waals surface area contributed by atoms with Crippen molar-refractivity contribution in [2.24, 2.45) is 0 Å². The lowest BCUT2D eigenvalue weighted by molar-refractivity contribution is 0.169. The maximum atomic E-state index is 10.6. The van der Waals surface area contributed by atoms with Gasteiger partial charge < -0.3 is 19.5 Å². The van der Waals surface area contributed by atoms with E-state index in [1.54, 1.807) is 32.5 Å². The van der Waals surface area contributed by atoms with Gasteiger partial charge in [-0.15, -0.1) is 0 Å². The number of anilines is 1. The molecule has 1 aromatic heterocycles. The maximum Gasteiger partial charge on any atom is 0.140 e. The molecule has 0 bridgehead atoms. The average molecular weight is 311 g/mol. The molecule has 2 heterocycles. The molecule has 0 saturated carbocycles. The number of ether oxygens (including phenoxy) is 2. The Hall–Kier alpha value is -2.78. The molecule has 0 fully saturated rings. The second-order valence-electron chi connectivity index (χ2n) is 5.27. The molecule has 0 radical (unpaired) electrons. The number of fused-ring (bicyclic) bond motifs is 1. The third-order valence-electron chi connectivity index (χ3n) is 4.02. The van der Waals surface area contributed by atoms with Crippen LogP contribution >= 0.6 is 0 Å². The number of nitrogens with zero attached hydrogens (tertiary/aromatic N) is 3. The largest absolute Gasteiger partial charge is 0.496 e. The molecule has 0 aliphatic carbocycles. The lowest BCUT2D eigenvalue weighted by atomic mass is 9.95. The maximum absolute atomic E-state index is 10.6. The fourth-order valence-corrected chi connectivity index (χ4v) is 2.91. The zero-order valence-electron chi connectivity index (χ0n) is 13.0. The third kappa shape index (κ3) is 2.67. The molecule has 1 atom stereocenters. The van der Waals surface area contributed by atoms with Crippen molar-refractivity contribution >= 4 is 5.69 Å². The van der Waals surface area contributed by atoms with Crippen molar-refractivity contribution in [2.45, 2.75) is 12.6 Å². The first-order valence-electron chi connectivity index (χ1n) is 7.20. The van der Waals surface area contributed by atoms with Crippen LogP contribution < -0.4 is 14.4 Å². The van der Waals surface area contributed by atoms with Gasteiger partial charge in [0.1, 0.15) is 29.4 Å². The average Bonchev–Trinajstić information content (AvgIpc) is 2.60. The van der Waals surface area contributed by atoms with Crippen molar-refractivity contribution in [3.8, 4) is 17.6 Å². The molecule has 6 nitrogen and oxygen atoms in total. The molecule has 23 heavy (non-hydrogen) atoms. The molecule has 1 N–H and O–H groups in total. The van der Waals surface area contributed by atoms with E-state index in [-0.39, 0.29) is 0 Å². The summed E-state index contributed by atoms with van der Waals surface area (Å²) in [5, 5.41) is 19.4. The van der Waals surface area contributed by atoms with Crippen LogP contribution in [0.4, 0.5) is 5.69 Å². The van der Waals surface area contributed by atoms with Crippen LogP contribution in [0.3, 0.4) is 0 Å². The minimum atomic E-state index is -0.695. The number of β-amino-alcohol motifs (C(OH)–C–C–N with tert-alkyl or cyclic N) is 1. The first-order valence-corrected chi connectivity index (χ1v) is 7.20. The van der Waals surface area contributed by atoms with E-state index in [9.17, 15) is 5.11 Å². The zero-order chi connectivity index (χ0) is 16.4. The second kappa shape index (κ2) is 6.15. The Morgan fingerprint density at radius 1 is 1.22 bits per heavy atom. The lowest BCUT2D eigenvalue weighted by Gasteiger charge is -2.35. The Balaban J connectivity index is 2.00. The fraction of sp³-hybridized carbons (Fsp3) is 0.294. The Morgan fingerprint density at radius 3 is 2.57 bits per heavy atom. The number of aliphatic hydroxyl groups excluding tert-OH is 1. The van der Waals surface area contributed by atoms with Crippen molar-refractivity contribution in [3.05, 3.63) is 47.3 Å². The molecule has 6 heteroatoms. The van der Waals surface area contributed by atoms with E-state index in [2.05, 4.69) is 4.98 Å². The van der Waals surface area contributed by atoms with E-state index in [1.807, 2.05) is 23.1 Å². The molecule has 118 valence electrons. The topological polar surface area (TPSA) is 78.6 Å². The summed E-state index contributed by atoms with van der Waals surface area (Å²) in [4.78, 5) is 6.09. The summed E-state index contributed by atoms with van der Waals surface area (Å²) in [5.41, 5.74) is 2.88. The van der Waals surface area contributed by atoms with E-state index in [0.29, 0.717) is 30.3 Å². The van der Waals surface area contributed by atoms with Crippen LogP contribution in [-0.2, 0) is 6.54 Å². The van der Waals surface area contributed by atoms with Crippen LogP contribution in [-0.4, -0.2) is 30.9 Å². The molecule has 0 unspecified atom stereocenters. The SMILES string of the molecule is COc1ccc(OC)c2c1CN(c1ccc(C#N)nc1)C[C@@H]2O. The van der Waals surface area contributed by atoms with Crippen LogP contribution in [0.25, 0.3) is 0 Å². The number of hydrogen-bond acceptors (Lipinski definition) is 6. The van der Waals surface area contributed by atoms with Crippen LogP contribution in [0.5, 0.6) is 11.5 Å². The number of aromatic nitrogens is 1. The van der Waals surface area contributed by atoms with E-state index in [0.717, 1.165) is 16.8 Å². The predicted octanol–water partition coefficient (Wildman–Crippen LogP) is 2.02. The first kappa shape index (κ1) is 15.1. The van der Waals surface area contributed by atoms with Gasteiger partial charge >= 0.3 is 0 Å². The van der Waals surface area contributed by atoms with Crippen molar-refractivity contribution in [2.75, 3.05) is 25.7 Å². The first-order chi connectivity index (χ1) is 11.2. The summed E-state index contributed by atoms with van der Waals surface area (Å²) >= 11 is 0. The Morgan fingerprint density at radius 2 is 1.96 bits per heavy atom. The normalized spacial score (nSPS) is 16.4. The number of nitriles is 1. The lowest BCUT2D eigenvalue weighted by Crippen LogP contribution is -2.34. The van der Waals surface area contributed by atoms with Gasteiger partial charge in [-0.2, -0.15) is 5.26 Å². The highest BCUT2D eigenvalue weighted by molar-refractivity contribution is 5.57. The minimum Gasteiger partial charge on any atom is -0.496 e. The summed E-state index contributed by atoms with van der Waals surface area (Å²) in [6, 6.07) is 9.14. The fourth-order valence-electron chi connectivity index (χ4n) is 2.91. The number of benzene rings is 1. The minimum absolute atomic E-state index is 0.367. The van der Waals surface area contributed by atoms with Gasteiger partial charge in [-0.25, -0.2) is 4.98 Å². The van der Waals surface area contributed by atoms with Crippen LogP contribution in [0.1, 0.15) is 22.9 Å². The van der Waals surface area contributed by atoms with Gasteiger partial charge in [-0.3, -0.25) is 0 Å². The number of pyridine rings is 1. The van der Waals surface area contributed by atoms with Crippen molar-refractivity contribution in [1.82, 2.24) is 4.98 Å². The molecular formula is C17H17N3O3. The van der Waals surface area contributed by atoms with Gasteiger partial charge in [0.25, 0.3) is 0 Å². The number of aliphatic hydroxyl groups is 1. The van der Waals surface area contributed by atoms with Gasteiger partial charge in [-0.1, -0.05) is 0 Å². The predicted molar refractivity (Wildman–Crippen MR) is 84.5 cm³/mol. The molecule has 0 amide bonds. The zero-order valence-corrected chi connectivity index (χ0v) is 13.0. The Labute approximate surface area is 134 Å². The van der Waals surface area contributed by atoms with E-state index in [1.165, 1.54) is 0 Å². The third-order valence-corrected chi connectivity index (χ3v) is 4.02. The summed E-state index contributed by atoms with van der Waals surface area (Å²) in [6.45, 7) is 0.991. The molecule has 1 aromatic carbocycles. The van der Waals surface area contributed by atoms with E-state index < -0.39 is 6.10 Å². The van der Waals surface area contributed by atoms with E-state index >= 15 is 0 Å². The van der Waals surface area contributed by atoms with Crippen LogP contribution in [0, 0.1) is 11.3 Å². The highest BCUT2D eigenvalue weighted by Crippen LogP contribution is 2.40. The van der Waals surface area contributed by atoms with Gasteiger partial charge in [0.05, 0.1) is 26.1 Å². The summed E-state index contributed by atoms with van der Waals surface area (Å²) < 4.78 is 10.8. The van der Waals surface area contributed by atoms with Gasteiger partial charge in [-0.05, 0) is 24.3 Å². The quantitative estimate of drug-likeness (QED) is 0.934. The number of methoxy groups -OCH3 is 2. The molecule has 1 aliphatic heterocycles. The van der Waals surface area contributed by atoms with E-state index in [4.69, 9.17) is 14.7 Å². The molecular weight excluding hydrogens is 294 g/mol. The highest BCUT2D eigenvalue weighted by atomic mass is 16.5. The van der Waals surface area contributed by atoms with Gasteiger partial charge in [0.2, 0.25) is 0 Å². The summed E-state index contributed by atoms with van der Waals surface area (Å²) in [5.74, 6) is 1.37. The highest BCUT2D eigenvalue weighted by Gasteiger charge is 2.29. The van der Waals surface area contributed by atoms with Crippen molar-refractivity contribution < 1.29 is 14.6 Å². The monoisotopic (exact) mass is 311 g/mol. The molecule has 0 spiro atoms. The Bertz CT molecular complexity index is 753. The number of hydrogen-bond donors (Lipinski definition) is 1. The van der Waals surface area contributed by atoms with Crippen LogP contribution in [0.2, 0.25) is 0 Å².